The highest BCUT2D eigenvalue weighted by atomic mass is 16.6. The number of para-hydroxylation sites is 1. The van der Waals surface area contributed by atoms with Crippen molar-refractivity contribution in [3.63, 3.8) is 0 Å². The largest absolute Gasteiger partial charge is 0.507 e. The van der Waals surface area contributed by atoms with E-state index < -0.39 is 23.5 Å². The number of rotatable bonds is 6. The molecule has 4 rings (SSSR count). The molecule has 0 aliphatic rings. The van der Waals surface area contributed by atoms with Gasteiger partial charge in [0.2, 0.25) is 5.43 Å². The minimum Gasteiger partial charge on any atom is -0.507 e. The average Bonchev–Trinajstić information content (AvgIpc) is 2.81. The quantitative estimate of drug-likeness (QED) is 0.247. The molecule has 4 aromatic rings. The Balaban J connectivity index is 1.52. The van der Waals surface area contributed by atoms with Crippen LogP contribution in [0.3, 0.4) is 0 Å². The number of esters is 1. The van der Waals surface area contributed by atoms with Crippen molar-refractivity contribution in [2.24, 2.45) is 5.92 Å². The molecule has 174 valence electrons. The number of carbonyl (C=O) groups excluding carboxylic acids is 2. The van der Waals surface area contributed by atoms with E-state index in [1.165, 1.54) is 6.07 Å². The molecule has 1 aromatic heterocycles. The average molecular weight is 461 g/mol. The first-order chi connectivity index (χ1) is 16.3. The second-order valence-electron chi connectivity index (χ2n) is 8.09. The van der Waals surface area contributed by atoms with Crippen LogP contribution in [0.15, 0.2) is 75.9 Å². The summed E-state index contributed by atoms with van der Waals surface area (Å²) in [4.78, 5) is 37.8. The van der Waals surface area contributed by atoms with E-state index in [0.29, 0.717) is 11.0 Å². The molecule has 0 unspecified atom stereocenters. The highest BCUT2D eigenvalue weighted by Gasteiger charge is 2.27. The lowest BCUT2D eigenvalue weighted by Gasteiger charge is -2.20. The molecule has 0 aliphatic carbocycles. The Morgan fingerprint density at radius 3 is 2.44 bits per heavy atom. The van der Waals surface area contributed by atoms with Gasteiger partial charge in [-0.15, -0.1) is 0 Å². The van der Waals surface area contributed by atoms with Gasteiger partial charge in [0.1, 0.15) is 40.7 Å². The van der Waals surface area contributed by atoms with Crippen molar-refractivity contribution in [2.45, 2.75) is 26.5 Å². The molecule has 0 aliphatic heterocycles. The maximum Gasteiger partial charge on any atom is 0.408 e. The fraction of sp³-hybridized carbons (Fsp3) is 0.192. The van der Waals surface area contributed by atoms with Gasteiger partial charge in [-0.3, -0.25) is 4.79 Å². The zero-order chi connectivity index (χ0) is 24.2. The summed E-state index contributed by atoms with van der Waals surface area (Å²) in [5.41, 5.74) is 0.825. The van der Waals surface area contributed by atoms with Crippen LogP contribution in [-0.2, 0) is 16.1 Å². The Morgan fingerprint density at radius 2 is 1.71 bits per heavy atom. The highest BCUT2D eigenvalue weighted by Crippen LogP contribution is 2.30. The normalized spacial score (nSPS) is 12.0. The lowest BCUT2D eigenvalue weighted by molar-refractivity contribution is -0.137. The van der Waals surface area contributed by atoms with Gasteiger partial charge in [-0.1, -0.05) is 56.3 Å². The van der Waals surface area contributed by atoms with Crippen LogP contribution in [0.4, 0.5) is 4.79 Å². The number of phenols is 1. The molecule has 0 spiro atoms. The number of amides is 1. The molecule has 3 aromatic carbocycles. The summed E-state index contributed by atoms with van der Waals surface area (Å²) in [6, 6.07) is 17.3. The Bertz CT molecular complexity index is 1410. The van der Waals surface area contributed by atoms with Gasteiger partial charge in [-0.05, 0) is 23.6 Å². The number of phenolic OH excluding ortho intramolecular Hbond substituents is 1. The van der Waals surface area contributed by atoms with Crippen molar-refractivity contribution >= 4 is 34.0 Å². The zero-order valence-electron chi connectivity index (χ0n) is 18.6. The van der Waals surface area contributed by atoms with Gasteiger partial charge in [0.15, 0.2) is 0 Å². The number of hydrogen-bond acceptors (Lipinski definition) is 7. The van der Waals surface area contributed by atoms with Crippen molar-refractivity contribution in [2.75, 3.05) is 0 Å². The topological polar surface area (TPSA) is 115 Å². The SMILES string of the molecule is CC(C)[C@@H](NC(=O)OCc1ccccc1)C(=O)Oc1cc(O)c2c(=O)c3ccccc3oc2c1. The molecule has 1 atom stereocenters. The van der Waals surface area contributed by atoms with Crippen LogP contribution in [0.25, 0.3) is 21.9 Å². The first kappa shape index (κ1) is 22.8. The van der Waals surface area contributed by atoms with Gasteiger partial charge < -0.3 is 24.3 Å². The molecule has 0 bridgehead atoms. The number of alkyl carbamates (subject to hydrolysis) is 1. The minimum absolute atomic E-state index is 0.0125. The van der Waals surface area contributed by atoms with E-state index in [9.17, 15) is 19.5 Å². The Kier molecular flexibility index (Phi) is 6.49. The van der Waals surface area contributed by atoms with Gasteiger partial charge in [0, 0.05) is 12.1 Å². The molecule has 34 heavy (non-hydrogen) atoms. The molecule has 0 saturated carbocycles. The third kappa shape index (κ3) is 4.85. The van der Waals surface area contributed by atoms with Gasteiger partial charge in [-0.25, -0.2) is 9.59 Å². The predicted molar refractivity (Wildman–Crippen MR) is 126 cm³/mol. The third-order valence-corrected chi connectivity index (χ3v) is 5.26. The van der Waals surface area contributed by atoms with E-state index in [1.807, 2.05) is 30.3 Å². The molecular formula is C26H23NO7. The van der Waals surface area contributed by atoms with Crippen molar-refractivity contribution in [3.05, 3.63) is 82.5 Å². The molecule has 1 heterocycles. The van der Waals surface area contributed by atoms with E-state index in [0.717, 1.165) is 11.6 Å². The lowest BCUT2D eigenvalue weighted by Crippen LogP contribution is -2.46. The molecule has 8 nitrogen and oxygen atoms in total. The Morgan fingerprint density at radius 1 is 1.00 bits per heavy atom. The van der Waals surface area contributed by atoms with Crippen LogP contribution in [0.5, 0.6) is 11.5 Å². The second-order valence-corrected chi connectivity index (χ2v) is 8.09. The summed E-state index contributed by atoms with van der Waals surface area (Å²) in [6.45, 7) is 3.54. The van der Waals surface area contributed by atoms with E-state index >= 15 is 0 Å². The summed E-state index contributed by atoms with van der Waals surface area (Å²) < 4.78 is 16.3. The van der Waals surface area contributed by atoms with Gasteiger partial charge >= 0.3 is 12.1 Å². The Labute approximate surface area is 194 Å². The standard InChI is InChI=1S/C26H23NO7/c1-15(2)23(27-26(31)32-14-16-8-4-3-5-9-16)25(30)33-17-12-19(28)22-21(13-17)34-20-11-7-6-10-18(20)24(22)29/h3-13,15,23,28H,14H2,1-2H3,(H,27,31)/t23-/m1/s1. The van der Waals surface area contributed by atoms with Crippen molar-refractivity contribution in [1.82, 2.24) is 5.32 Å². The predicted octanol–water partition coefficient (Wildman–Crippen LogP) is 4.51. The summed E-state index contributed by atoms with van der Waals surface area (Å²) in [7, 11) is 0. The first-order valence-corrected chi connectivity index (χ1v) is 10.7. The van der Waals surface area contributed by atoms with Crippen molar-refractivity contribution in [1.29, 1.82) is 0 Å². The summed E-state index contributed by atoms with van der Waals surface area (Å²) in [5.74, 6) is -1.48. The maximum absolute atomic E-state index is 12.8. The molecule has 8 heteroatoms. The molecule has 0 radical (unpaired) electrons. The second kappa shape index (κ2) is 9.66. The van der Waals surface area contributed by atoms with Crippen molar-refractivity contribution < 1.29 is 28.6 Å². The van der Waals surface area contributed by atoms with E-state index in [-0.39, 0.29) is 35.0 Å². The number of aromatic hydroxyl groups is 1. The van der Waals surface area contributed by atoms with Gasteiger partial charge in [0.25, 0.3) is 0 Å². The molecular weight excluding hydrogens is 438 g/mol. The molecule has 0 saturated heterocycles. The number of hydrogen-bond donors (Lipinski definition) is 2. The summed E-state index contributed by atoms with van der Waals surface area (Å²) in [6.07, 6.45) is -0.765. The Hall–Kier alpha value is -4.33. The summed E-state index contributed by atoms with van der Waals surface area (Å²) in [5, 5.41) is 13.3. The van der Waals surface area contributed by atoms with Crippen LogP contribution < -0.4 is 15.5 Å². The van der Waals surface area contributed by atoms with Crippen LogP contribution in [0.1, 0.15) is 19.4 Å². The van der Waals surface area contributed by atoms with E-state index in [4.69, 9.17) is 13.9 Å². The van der Waals surface area contributed by atoms with Crippen LogP contribution in [0.2, 0.25) is 0 Å². The first-order valence-electron chi connectivity index (χ1n) is 10.7. The zero-order valence-corrected chi connectivity index (χ0v) is 18.6. The molecule has 2 N–H and O–H groups in total. The van der Waals surface area contributed by atoms with Crippen LogP contribution >= 0.6 is 0 Å². The van der Waals surface area contributed by atoms with Gasteiger partial charge in [-0.2, -0.15) is 0 Å². The van der Waals surface area contributed by atoms with E-state index in [2.05, 4.69) is 5.32 Å². The smallest absolute Gasteiger partial charge is 0.408 e. The molecule has 0 fully saturated rings. The highest BCUT2D eigenvalue weighted by molar-refractivity contribution is 5.94. The maximum atomic E-state index is 12.8. The van der Waals surface area contributed by atoms with Gasteiger partial charge in [0.05, 0.1) is 5.39 Å². The number of carbonyl (C=O) groups is 2. The number of fused-ring (bicyclic) bond motifs is 2. The third-order valence-electron chi connectivity index (χ3n) is 5.26. The minimum atomic E-state index is -1.01. The number of ether oxygens (including phenoxy) is 2. The molecule has 1 amide bonds. The fourth-order valence-electron chi connectivity index (χ4n) is 3.51. The van der Waals surface area contributed by atoms with Crippen molar-refractivity contribution in [3.8, 4) is 11.5 Å². The number of nitrogens with one attached hydrogen (secondary N) is 1. The fourth-order valence-corrected chi connectivity index (χ4v) is 3.51. The monoisotopic (exact) mass is 461 g/mol. The summed E-state index contributed by atoms with van der Waals surface area (Å²) >= 11 is 0. The lowest BCUT2D eigenvalue weighted by atomic mass is 10.1. The van der Waals surface area contributed by atoms with Crippen LogP contribution in [0, 0.1) is 5.92 Å². The number of benzene rings is 3. The van der Waals surface area contributed by atoms with Crippen LogP contribution in [-0.4, -0.2) is 23.2 Å². The van der Waals surface area contributed by atoms with E-state index in [1.54, 1.807) is 38.1 Å².